The van der Waals surface area contributed by atoms with Crippen molar-refractivity contribution in [3.8, 4) is 5.75 Å². The molecular weight excluding hydrogens is 342 g/mol. The molecule has 27 heavy (non-hydrogen) atoms. The van der Waals surface area contributed by atoms with E-state index in [9.17, 15) is 14.7 Å². The fourth-order valence-electron chi connectivity index (χ4n) is 3.03. The summed E-state index contributed by atoms with van der Waals surface area (Å²) in [4.78, 5) is 23.9. The normalized spacial score (nSPS) is 17.1. The molecule has 3 rings (SSSR count). The molecule has 0 saturated carbocycles. The number of allylic oxidation sites excluding steroid dienone is 1. The largest absolute Gasteiger partial charge is 0.486 e. The van der Waals surface area contributed by atoms with Gasteiger partial charge in [-0.05, 0) is 55.2 Å². The van der Waals surface area contributed by atoms with Crippen LogP contribution < -0.4 is 10.1 Å². The maximum absolute atomic E-state index is 12.4. The van der Waals surface area contributed by atoms with E-state index >= 15 is 0 Å². The number of carbonyl (C=O) groups is 2. The SMILES string of the molecule is O=C(N[C@@H](Cc1ccccc1)C(=O)O)c1ccc(OC2C=CCCC2)cc1. The van der Waals surface area contributed by atoms with E-state index in [1.165, 1.54) is 0 Å². The van der Waals surface area contributed by atoms with E-state index in [2.05, 4.69) is 17.5 Å². The molecule has 2 aromatic carbocycles. The van der Waals surface area contributed by atoms with Crippen LogP contribution in [0.2, 0.25) is 0 Å². The Labute approximate surface area is 158 Å². The van der Waals surface area contributed by atoms with Crippen LogP contribution in [0.3, 0.4) is 0 Å². The number of carboxylic acids is 1. The molecule has 5 heteroatoms. The molecule has 0 aromatic heterocycles. The number of rotatable bonds is 7. The van der Waals surface area contributed by atoms with E-state index in [-0.39, 0.29) is 12.5 Å². The van der Waals surface area contributed by atoms with Crippen LogP contribution in [-0.2, 0) is 11.2 Å². The molecule has 0 spiro atoms. The summed E-state index contributed by atoms with van der Waals surface area (Å²) >= 11 is 0. The summed E-state index contributed by atoms with van der Waals surface area (Å²) in [7, 11) is 0. The van der Waals surface area contributed by atoms with Gasteiger partial charge in [-0.15, -0.1) is 0 Å². The van der Waals surface area contributed by atoms with Crippen LogP contribution in [0.1, 0.15) is 35.2 Å². The van der Waals surface area contributed by atoms with Gasteiger partial charge >= 0.3 is 5.97 Å². The van der Waals surface area contributed by atoms with Gasteiger partial charge in [0.1, 0.15) is 17.9 Å². The highest BCUT2D eigenvalue weighted by Crippen LogP contribution is 2.19. The smallest absolute Gasteiger partial charge is 0.326 e. The van der Waals surface area contributed by atoms with Crippen molar-refractivity contribution in [2.75, 3.05) is 0 Å². The maximum atomic E-state index is 12.4. The Hall–Kier alpha value is -3.08. The van der Waals surface area contributed by atoms with Crippen molar-refractivity contribution in [2.45, 2.75) is 37.8 Å². The zero-order valence-electron chi connectivity index (χ0n) is 15.0. The van der Waals surface area contributed by atoms with E-state index in [0.717, 1.165) is 24.8 Å². The second-order valence-corrected chi connectivity index (χ2v) is 6.59. The van der Waals surface area contributed by atoms with Crippen LogP contribution >= 0.6 is 0 Å². The molecule has 2 atom stereocenters. The summed E-state index contributed by atoms with van der Waals surface area (Å²) in [5.74, 6) is -0.777. The molecule has 1 amide bonds. The third kappa shape index (κ3) is 5.45. The predicted molar refractivity (Wildman–Crippen MR) is 103 cm³/mol. The van der Waals surface area contributed by atoms with Gasteiger partial charge in [0.05, 0.1) is 0 Å². The van der Waals surface area contributed by atoms with E-state index in [1.54, 1.807) is 24.3 Å². The van der Waals surface area contributed by atoms with Gasteiger partial charge < -0.3 is 15.2 Å². The van der Waals surface area contributed by atoms with Gasteiger partial charge in [0.2, 0.25) is 0 Å². The molecule has 1 unspecified atom stereocenters. The zero-order chi connectivity index (χ0) is 19.1. The number of amides is 1. The van der Waals surface area contributed by atoms with Gasteiger partial charge in [-0.2, -0.15) is 0 Å². The van der Waals surface area contributed by atoms with Crippen LogP contribution in [0, 0.1) is 0 Å². The Morgan fingerprint density at radius 2 is 1.85 bits per heavy atom. The number of hydrogen-bond donors (Lipinski definition) is 2. The Morgan fingerprint density at radius 3 is 2.48 bits per heavy atom. The van der Waals surface area contributed by atoms with Crippen LogP contribution in [-0.4, -0.2) is 29.1 Å². The average molecular weight is 365 g/mol. The zero-order valence-corrected chi connectivity index (χ0v) is 15.0. The minimum Gasteiger partial charge on any atom is -0.486 e. The van der Waals surface area contributed by atoms with Crippen LogP contribution in [0.4, 0.5) is 0 Å². The number of carboxylic acid groups (broad SMARTS) is 1. The number of ether oxygens (including phenoxy) is 1. The molecular formula is C22H23NO4. The van der Waals surface area contributed by atoms with Crippen molar-refractivity contribution < 1.29 is 19.4 Å². The summed E-state index contributed by atoms with van der Waals surface area (Å²) in [6, 6.07) is 15.0. The lowest BCUT2D eigenvalue weighted by molar-refractivity contribution is -0.139. The maximum Gasteiger partial charge on any atom is 0.326 e. The summed E-state index contributed by atoms with van der Waals surface area (Å²) in [5.41, 5.74) is 1.26. The first kappa shape index (κ1) is 18.7. The number of hydrogen-bond acceptors (Lipinski definition) is 3. The fourth-order valence-corrected chi connectivity index (χ4v) is 3.03. The van der Waals surface area contributed by atoms with Gasteiger partial charge in [-0.3, -0.25) is 4.79 Å². The molecule has 1 aliphatic rings. The van der Waals surface area contributed by atoms with E-state index in [1.807, 2.05) is 30.3 Å². The minimum atomic E-state index is -1.06. The van der Waals surface area contributed by atoms with Gasteiger partial charge in [-0.25, -0.2) is 4.79 Å². The number of benzene rings is 2. The Balaban J connectivity index is 1.61. The highest BCUT2D eigenvalue weighted by Gasteiger charge is 2.21. The lowest BCUT2D eigenvalue weighted by atomic mass is 10.1. The summed E-state index contributed by atoms with van der Waals surface area (Å²) < 4.78 is 5.88. The molecule has 1 aliphatic carbocycles. The highest BCUT2D eigenvalue weighted by molar-refractivity contribution is 5.96. The first-order valence-corrected chi connectivity index (χ1v) is 9.13. The Kier molecular flexibility index (Phi) is 6.26. The van der Waals surface area contributed by atoms with Crippen LogP contribution in [0.15, 0.2) is 66.7 Å². The molecule has 2 aromatic rings. The number of aliphatic carboxylic acids is 1. The molecule has 0 aliphatic heterocycles. The monoisotopic (exact) mass is 365 g/mol. The fraction of sp³-hybridized carbons (Fsp3) is 0.273. The summed E-state index contributed by atoms with van der Waals surface area (Å²) in [6.45, 7) is 0. The number of carbonyl (C=O) groups excluding carboxylic acids is 1. The standard InChI is InChI=1S/C22H23NO4/c24-21(23-20(22(25)26)15-16-7-3-1-4-8-16)17-11-13-19(14-12-17)27-18-9-5-2-6-10-18/h1,3-5,7-9,11-14,18,20H,2,6,10,15H2,(H,23,24)(H,25,26)/t18?,20-/m0/s1. The molecule has 2 N–H and O–H groups in total. The first-order valence-electron chi connectivity index (χ1n) is 9.13. The molecule has 140 valence electrons. The summed E-state index contributed by atoms with van der Waals surface area (Å²) in [6.07, 6.45) is 7.67. The van der Waals surface area contributed by atoms with Gasteiger partial charge in [0.15, 0.2) is 0 Å². The van der Waals surface area contributed by atoms with E-state index < -0.39 is 17.9 Å². The topological polar surface area (TPSA) is 75.6 Å². The Bertz CT molecular complexity index is 799. The van der Waals surface area contributed by atoms with Gasteiger partial charge in [0, 0.05) is 12.0 Å². The van der Waals surface area contributed by atoms with E-state index in [4.69, 9.17) is 4.74 Å². The molecule has 0 heterocycles. The summed E-state index contributed by atoms with van der Waals surface area (Å²) in [5, 5.41) is 12.0. The quantitative estimate of drug-likeness (QED) is 0.735. The highest BCUT2D eigenvalue weighted by atomic mass is 16.5. The van der Waals surface area contributed by atoms with Crippen molar-refractivity contribution >= 4 is 11.9 Å². The van der Waals surface area contributed by atoms with E-state index in [0.29, 0.717) is 11.3 Å². The van der Waals surface area contributed by atoms with Crippen LogP contribution in [0.25, 0.3) is 0 Å². The van der Waals surface area contributed by atoms with Gasteiger partial charge in [-0.1, -0.05) is 36.4 Å². The third-order valence-corrected chi connectivity index (χ3v) is 4.50. The molecule has 5 nitrogen and oxygen atoms in total. The number of nitrogens with one attached hydrogen (secondary N) is 1. The third-order valence-electron chi connectivity index (χ3n) is 4.50. The predicted octanol–water partition coefficient (Wildman–Crippen LogP) is 3.60. The second-order valence-electron chi connectivity index (χ2n) is 6.59. The van der Waals surface area contributed by atoms with Gasteiger partial charge in [0.25, 0.3) is 5.91 Å². The molecule has 0 fully saturated rings. The van der Waals surface area contributed by atoms with Crippen molar-refractivity contribution in [3.05, 3.63) is 77.9 Å². The second kappa shape index (κ2) is 9.03. The van der Waals surface area contributed by atoms with Crippen LogP contribution in [0.5, 0.6) is 5.75 Å². The van der Waals surface area contributed by atoms with Crippen molar-refractivity contribution in [1.29, 1.82) is 0 Å². The van der Waals surface area contributed by atoms with Crippen molar-refractivity contribution in [2.24, 2.45) is 0 Å². The van der Waals surface area contributed by atoms with Crippen molar-refractivity contribution in [1.82, 2.24) is 5.32 Å². The Morgan fingerprint density at radius 1 is 1.11 bits per heavy atom. The average Bonchev–Trinajstić information content (AvgIpc) is 2.69. The lowest BCUT2D eigenvalue weighted by Gasteiger charge is -2.18. The van der Waals surface area contributed by atoms with Crippen molar-refractivity contribution in [3.63, 3.8) is 0 Å². The lowest BCUT2D eigenvalue weighted by Crippen LogP contribution is -2.42. The first-order chi connectivity index (χ1) is 13.1. The molecule has 0 bridgehead atoms. The molecule has 0 saturated heterocycles. The molecule has 0 radical (unpaired) electrons. The minimum absolute atomic E-state index is 0.0701.